The molecule has 4 rings (SSSR count). The van der Waals surface area contributed by atoms with Crippen molar-refractivity contribution in [2.75, 3.05) is 19.4 Å². The summed E-state index contributed by atoms with van der Waals surface area (Å²) in [5, 5.41) is 12.4. The molecule has 8 nitrogen and oxygen atoms in total. The number of benzene rings is 2. The Hall–Kier alpha value is -3.33. The third-order valence-electron chi connectivity index (χ3n) is 4.71. The molecule has 0 aliphatic heterocycles. The number of nitrogens with one attached hydrogen (secondary N) is 1. The van der Waals surface area contributed by atoms with Gasteiger partial charge in [0.1, 0.15) is 5.75 Å². The molecule has 1 N–H and O–H groups in total. The number of thioether (sulfide) groups is 1. The van der Waals surface area contributed by atoms with Crippen LogP contribution in [0.15, 0.2) is 58.5 Å². The summed E-state index contributed by atoms with van der Waals surface area (Å²) in [7, 11) is 1.60. The molecule has 30 heavy (non-hydrogen) atoms. The number of methoxy groups -OCH3 is 1. The van der Waals surface area contributed by atoms with E-state index in [-0.39, 0.29) is 23.8 Å². The summed E-state index contributed by atoms with van der Waals surface area (Å²) in [4.78, 5) is 25.2. The van der Waals surface area contributed by atoms with Crippen molar-refractivity contribution in [3.63, 3.8) is 0 Å². The smallest absolute Gasteiger partial charge is 0.263 e. The Labute approximate surface area is 176 Å². The molecular weight excluding hydrogens is 402 g/mol. The number of amides is 1. The second-order valence-corrected chi connectivity index (χ2v) is 7.52. The maximum absolute atomic E-state index is 13.3. The quantitative estimate of drug-likeness (QED) is 0.459. The molecular formula is C21H21N5O3S. The zero-order valence-electron chi connectivity index (χ0n) is 16.7. The summed E-state index contributed by atoms with van der Waals surface area (Å²) in [5.41, 5.74) is 1.41. The molecule has 0 bridgehead atoms. The summed E-state index contributed by atoms with van der Waals surface area (Å²) in [6.45, 7) is 2.73. The fourth-order valence-electron chi connectivity index (χ4n) is 3.35. The van der Waals surface area contributed by atoms with Gasteiger partial charge in [-0.05, 0) is 25.1 Å². The largest absolute Gasteiger partial charge is 0.496 e. The molecule has 0 atom stereocenters. The molecule has 0 aliphatic carbocycles. The maximum atomic E-state index is 13.3. The van der Waals surface area contributed by atoms with Gasteiger partial charge in [-0.25, -0.2) is 0 Å². The van der Waals surface area contributed by atoms with Crippen molar-refractivity contribution in [1.82, 2.24) is 24.5 Å². The van der Waals surface area contributed by atoms with Crippen LogP contribution < -0.4 is 15.6 Å². The van der Waals surface area contributed by atoms with E-state index in [1.807, 2.05) is 53.8 Å². The van der Waals surface area contributed by atoms with Gasteiger partial charge in [0, 0.05) is 12.1 Å². The van der Waals surface area contributed by atoms with Gasteiger partial charge < -0.3 is 10.1 Å². The van der Waals surface area contributed by atoms with Gasteiger partial charge in [-0.15, -0.1) is 10.2 Å². The molecule has 0 saturated carbocycles. The molecule has 154 valence electrons. The van der Waals surface area contributed by atoms with Crippen molar-refractivity contribution in [3.8, 4) is 5.75 Å². The van der Waals surface area contributed by atoms with Gasteiger partial charge in [-0.2, -0.15) is 0 Å². The summed E-state index contributed by atoms with van der Waals surface area (Å²) in [6.07, 6.45) is 0. The molecule has 4 aromatic rings. The summed E-state index contributed by atoms with van der Waals surface area (Å²) in [6, 6.07) is 14.9. The van der Waals surface area contributed by atoms with E-state index in [0.29, 0.717) is 34.1 Å². The van der Waals surface area contributed by atoms with E-state index >= 15 is 0 Å². The summed E-state index contributed by atoms with van der Waals surface area (Å²) < 4.78 is 8.86. The lowest BCUT2D eigenvalue weighted by Gasteiger charge is -2.13. The van der Waals surface area contributed by atoms with Crippen molar-refractivity contribution >= 4 is 34.3 Å². The van der Waals surface area contributed by atoms with E-state index in [4.69, 9.17) is 4.74 Å². The third kappa shape index (κ3) is 3.63. The highest BCUT2D eigenvalue weighted by molar-refractivity contribution is 7.99. The van der Waals surface area contributed by atoms with Crippen LogP contribution in [0.5, 0.6) is 5.75 Å². The molecule has 2 heterocycles. The average Bonchev–Trinajstić information content (AvgIpc) is 3.19. The summed E-state index contributed by atoms with van der Waals surface area (Å²) in [5.74, 6) is 1.25. The molecule has 0 saturated heterocycles. The Balaban J connectivity index is 1.87. The van der Waals surface area contributed by atoms with Crippen LogP contribution in [-0.2, 0) is 11.3 Å². The SMILES string of the molecule is CCNC(=O)CSc1nnc2n(Cc3ccccc3OC)c(=O)c3ccccc3n12. The predicted octanol–water partition coefficient (Wildman–Crippen LogP) is 2.33. The van der Waals surface area contributed by atoms with Crippen LogP contribution in [0, 0.1) is 0 Å². The highest BCUT2D eigenvalue weighted by atomic mass is 32.2. The van der Waals surface area contributed by atoms with Crippen molar-refractivity contribution < 1.29 is 9.53 Å². The number of ether oxygens (including phenoxy) is 1. The van der Waals surface area contributed by atoms with E-state index in [0.717, 1.165) is 5.56 Å². The fourth-order valence-corrected chi connectivity index (χ4v) is 4.12. The van der Waals surface area contributed by atoms with Crippen molar-refractivity contribution in [3.05, 3.63) is 64.4 Å². The first-order valence-corrected chi connectivity index (χ1v) is 10.5. The molecule has 9 heteroatoms. The molecule has 0 spiro atoms. The molecule has 2 aromatic carbocycles. The standard InChI is InChI=1S/C21H21N5O3S/c1-3-22-18(27)13-30-21-24-23-20-25(12-14-8-4-7-11-17(14)29-2)19(28)15-9-5-6-10-16(15)26(20)21/h4-11H,3,12-13H2,1-2H3,(H,22,27). The zero-order chi connectivity index (χ0) is 21.1. The molecule has 0 fully saturated rings. The van der Waals surface area contributed by atoms with Crippen LogP contribution in [0.2, 0.25) is 0 Å². The second kappa shape index (κ2) is 8.58. The first kappa shape index (κ1) is 20.0. The number of aromatic nitrogens is 4. The lowest BCUT2D eigenvalue weighted by molar-refractivity contribution is -0.118. The second-order valence-electron chi connectivity index (χ2n) is 6.58. The Morgan fingerprint density at radius 3 is 2.70 bits per heavy atom. The molecule has 1 amide bonds. The number of rotatable bonds is 7. The average molecular weight is 423 g/mol. The van der Waals surface area contributed by atoms with Gasteiger partial charge >= 0.3 is 0 Å². The van der Waals surface area contributed by atoms with Crippen molar-refractivity contribution in [2.24, 2.45) is 0 Å². The minimum absolute atomic E-state index is 0.0779. The van der Waals surface area contributed by atoms with Crippen molar-refractivity contribution in [1.29, 1.82) is 0 Å². The van der Waals surface area contributed by atoms with Crippen LogP contribution in [-0.4, -0.2) is 44.5 Å². The number of hydrogen-bond donors (Lipinski definition) is 1. The Morgan fingerprint density at radius 2 is 1.90 bits per heavy atom. The fraction of sp³-hybridized carbons (Fsp3) is 0.238. The normalized spacial score (nSPS) is 11.1. The van der Waals surface area contributed by atoms with Gasteiger partial charge in [-0.1, -0.05) is 42.1 Å². The van der Waals surface area contributed by atoms with E-state index in [1.165, 1.54) is 11.8 Å². The van der Waals surface area contributed by atoms with E-state index < -0.39 is 0 Å². The number of carbonyl (C=O) groups is 1. The highest BCUT2D eigenvalue weighted by Crippen LogP contribution is 2.23. The molecule has 0 radical (unpaired) electrons. The lowest BCUT2D eigenvalue weighted by atomic mass is 10.2. The molecule has 0 unspecified atom stereocenters. The van der Waals surface area contributed by atoms with E-state index in [1.54, 1.807) is 17.7 Å². The number of para-hydroxylation sites is 2. The van der Waals surface area contributed by atoms with Gasteiger partial charge in [0.2, 0.25) is 11.7 Å². The van der Waals surface area contributed by atoms with Gasteiger partial charge in [0.15, 0.2) is 5.16 Å². The number of hydrogen-bond acceptors (Lipinski definition) is 6. The first-order chi connectivity index (χ1) is 14.6. The highest BCUT2D eigenvalue weighted by Gasteiger charge is 2.18. The van der Waals surface area contributed by atoms with Crippen LogP contribution in [0.4, 0.5) is 0 Å². The Bertz CT molecular complexity index is 1280. The number of carbonyl (C=O) groups excluding carboxylic acids is 1. The number of fused-ring (bicyclic) bond motifs is 3. The topological polar surface area (TPSA) is 90.5 Å². The predicted molar refractivity (Wildman–Crippen MR) is 116 cm³/mol. The number of nitrogens with zero attached hydrogens (tertiary/aromatic N) is 4. The van der Waals surface area contributed by atoms with E-state index in [9.17, 15) is 9.59 Å². The lowest BCUT2D eigenvalue weighted by Crippen LogP contribution is -2.25. The minimum Gasteiger partial charge on any atom is -0.496 e. The third-order valence-corrected chi connectivity index (χ3v) is 5.63. The maximum Gasteiger partial charge on any atom is 0.263 e. The Kier molecular flexibility index (Phi) is 5.71. The zero-order valence-corrected chi connectivity index (χ0v) is 17.5. The first-order valence-electron chi connectivity index (χ1n) is 9.52. The van der Waals surface area contributed by atoms with Gasteiger partial charge in [0.25, 0.3) is 5.56 Å². The molecule has 0 aliphatic rings. The van der Waals surface area contributed by atoms with Crippen LogP contribution in [0.1, 0.15) is 12.5 Å². The van der Waals surface area contributed by atoms with Crippen LogP contribution in [0.25, 0.3) is 16.7 Å². The monoisotopic (exact) mass is 423 g/mol. The minimum atomic E-state index is -0.156. The molecule has 2 aromatic heterocycles. The van der Waals surface area contributed by atoms with Crippen LogP contribution in [0.3, 0.4) is 0 Å². The van der Waals surface area contributed by atoms with E-state index in [2.05, 4.69) is 15.5 Å². The Morgan fingerprint density at radius 1 is 1.13 bits per heavy atom. The van der Waals surface area contributed by atoms with Crippen LogP contribution >= 0.6 is 11.8 Å². The van der Waals surface area contributed by atoms with Gasteiger partial charge in [0.05, 0.1) is 30.3 Å². The summed E-state index contributed by atoms with van der Waals surface area (Å²) >= 11 is 1.29. The van der Waals surface area contributed by atoms with Crippen molar-refractivity contribution in [2.45, 2.75) is 18.6 Å². The van der Waals surface area contributed by atoms with Gasteiger partial charge in [-0.3, -0.25) is 18.6 Å².